The molecule has 3 aromatic rings. The van der Waals surface area contributed by atoms with Gasteiger partial charge in [0.2, 0.25) is 5.95 Å². The molecule has 0 spiro atoms. The van der Waals surface area contributed by atoms with E-state index in [1.54, 1.807) is 0 Å². The van der Waals surface area contributed by atoms with E-state index in [-0.39, 0.29) is 0 Å². The van der Waals surface area contributed by atoms with Gasteiger partial charge in [-0.05, 0) is 97.0 Å². The number of fused-ring (bicyclic) bond motifs is 1. The molecule has 1 aliphatic rings. The van der Waals surface area contributed by atoms with Crippen molar-refractivity contribution >= 4 is 45.3 Å². The highest BCUT2D eigenvalue weighted by Crippen LogP contribution is 2.28. The Balaban J connectivity index is 1.29. The number of rotatable bonds is 7. The molecule has 1 saturated carbocycles. The topological polar surface area (TPSA) is 53.1 Å². The fraction of sp³-hybridized carbons (Fsp3) is 0.440. The maximum absolute atomic E-state index is 4.80. The number of anilines is 2. The van der Waals surface area contributed by atoms with Crippen LogP contribution in [0.2, 0.25) is 0 Å². The van der Waals surface area contributed by atoms with Crippen molar-refractivity contribution in [3.63, 3.8) is 0 Å². The van der Waals surface area contributed by atoms with E-state index in [9.17, 15) is 0 Å². The monoisotopic (exact) mass is 529 g/mol. The number of aryl methyl sites for hydroxylation is 1. The molecular weight excluding hydrogens is 497 g/mol. The summed E-state index contributed by atoms with van der Waals surface area (Å²) in [6.45, 7) is 4.21. The van der Waals surface area contributed by atoms with Gasteiger partial charge < -0.3 is 15.5 Å². The summed E-state index contributed by atoms with van der Waals surface area (Å²) in [5.74, 6) is 2.46. The summed E-state index contributed by atoms with van der Waals surface area (Å²) in [4.78, 5) is 11.6. The van der Waals surface area contributed by atoms with Crippen molar-refractivity contribution in [1.82, 2.24) is 15.3 Å². The lowest BCUT2D eigenvalue weighted by molar-refractivity contribution is 0.324. The second kappa shape index (κ2) is 10.1. The second-order valence-corrected chi connectivity index (χ2v) is 10.0. The number of hydrogen-bond acceptors (Lipinski definition) is 5. The highest BCUT2D eigenvalue weighted by atomic mass is 127. The van der Waals surface area contributed by atoms with Gasteiger partial charge in [-0.3, -0.25) is 0 Å². The third-order valence-electron chi connectivity index (χ3n) is 6.19. The smallest absolute Gasteiger partial charge is 0.225 e. The fourth-order valence-electron chi connectivity index (χ4n) is 4.33. The first-order chi connectivity index (χ1) is 15.0. The molecule has 0 unspecified atom stereocenters. The number of nitrogens with one attached hydrogen (secondary N) is 2. The normalized spacial score (nSPS) is 18.8. The van der Waals surface area contributed by atoms with Gasteiger partial charge in [-0.25, -0.2) is 4.98 Å². The van der Waals surface area contributed by atoms with Gasteiger partial charge in [0.25, 0.3) is 0 Å². The molecule has 0 bridgehead atoms. The van der Waals surface area contributed by atoms with Crippen LogP contribution in [0.5, 0.6) is 0 Å². The molecule has 0 aliphatic heterocycles. The Bertz CT molecular complexity index is 1030. The van der Waals surface area contributed by atoms with Gasteiger partial charge in [-0.15, -0.1) is 0 Å². The summed E-state index contributed by atoms with van der Waals surface area (Å²) in [7, 11) is 4.07. The van der Waals surface area contributed by atoms with E-state index in [1.165, 1.54) is 40.4 Å². The summed E-state index contributed by atoms with van der Waals surface area (Å²) in [6.07, 6.45) is 4.82. The van der Waals surface area contributed by atoms with Crippen molar-refractivity contribution in [1.29, 1.82) is 0 Å². The average molecular weight is 529 g/mol. The zero-order valence-electron chi connectivity index (χ0n) is 18.7. The van der Waals surface area contributed by atoms with Crippen molar-refractivity contribution in [3.05, 3.63) is 57.2 Å². The van der Waals surface area contributed by atoms with Crippen molar-refractivity contribution in [2.24, 2.45) is 5.92 Å². The maximum atomic E-state index is 4.80. The van der Waals surface area contributed by atoms with Gasteiger partial charge >= 0.3 is 0 Å². The Morgan fingerprint density at radius 1 is 1.03 bits per heavy atom. The van der Waals surface area contributed by atoms with Crippen LogP contribution in [0, 0.1) is 16.4 Å². The zero-order valence-corrected chi connectivity index (χ0v) is 20.8. The van der Waals surface area contributed by atoms with Crippen LogP contribution in [0.15, 0.2) is 42.5 Å². The maximum Gasteiger partial charge on any atom is 0.225 e. The molecule has 2 aromatic carbocycles. The molecule has 0 amide bonds. The molecule has 5 nitrogen and oxygen atoms in total. The summed E-state index contributed by atoms with van der Waals surface area (Å²) < 4.78 is 1.34. The van der Waals surface area contributed by atoms with Crippen LogP contribution < -0.4 is 15.5 Å². The first-order valence-electron chi connectivity index (χ1n) is 11.2. The molecule has 1 aliphatic carbocycles. The summed E-state index contributed by atoms with van der Waals surface area (Å²) >= 11 is 2.42. The minimum Gasteiger partial charge on any atom is -0.362 e. The Morgan fingerprint density at radius 3 is 2.55 bits per heavy atom. The van der Waals surface area contributed by atoms with Crippen LogP contribution in [0.25, 0.3) is 10.9 Å². The first-order valence-corrected chi connectivity index (χ1v) is 12.2. The summed E-state index contributed by atoms with van der Waals surface area (Å²) in [5.41, 5.74) is 3.71. The number of halogens is 1. The Hall–Kier alpha value is -1.93. The van der Waals surface area contributed by atoms with Crippen molar-refractivity contribution in [3.8, 4) is 0 Å². The van der Waals surface area contributed by atoms with Crippen LogP contribution in [0.1, 0.15) is 36.8 Å². The van der Waals surface area contributed by atoms with E-state index in [2.05, 4.69) is 75.4 Å². The molecule has 6 heteroatoms. The standard InChI is InChI=1S/C25H32IN5/c1-17-8-9-19(14-22(17)26)16-27-15-18-10-12-20(13-11-18)28-25-29-23-7-5-4-6-21(23)24(30-25)31(2)3/h4-9,14,18,20,27H,10-13,15-16H2,1-3H3,(H,28,29,30)/t18-,20+. The predicted octanol–water partition coefficient (Wildman–Crippen LogP) is 5.37. The highest BCUT2D eigenvalue weighted by Gasteiger charge is 2.22. The number of aromatic nitrogens is 2. The van der Waals surface area contributed by atoms with Gasteiger partial charge in [-0.2, -0.15) is 4.98 Å². The molecule has 1 fully saturated rings. The van der Waals surface area contributed by atoms with E-state index in [1.807, 2.05) is 26.2 Å². The van der Waals surface area contributed by atoms with Crippen LogP contribution in [-0.4, -0.2) is 36.6 Å². The molecule has 0 saturated heterocycles. The minimum absolute atomic E-state index is 0.450. The van der Waals surface area contributed by atoms with Gasteiger partial charge in [0.15, 0.2) is 0 Å². The Kier molecular flexibility index (Phi) is 7.27. The Labute approximate surface area is 199 Å². The fourth-order valence-corrected chi connectivity index (χ4v) is 4.91. The lowest BCUT2D eigenvalue weighted by Crippen LogP contribution is -2.31. The lowest BCUT2D eigenvalue weighted by atomic mass is 9.86. The van der Waals surface area contributed by atoms with Gasteiger partial charge in [0, 0.05) is 35.6 Å². The molecule has 1 heterocycles. The zero-order chi connectivity index (χ0) is 21.8. The highest BCUT2D eigenvalue weighted by molar-refractivity contribution is 14.1. The van der Waals surface area contributed by atoms with E-state index >= 15 is 0 Å². The van der Waals surface area contributed by atoms with Crippen LogP contribution in [-0.2, 0) is 6.54 Å². The lowest BCUT2D eigenvalue weighted by Gasteiger charge is -2.29. The summed E-state index contributed by atoms with van der Waals surface area (Å²) in [5, 5.41) is 8.37. The van der Waals surface area contributed by atoms with Crippen LogP contribution in [0.4, 0.5) is 11.8 Å². The Morgan fingerprint density at radius 2 is 1.81 bits per heavy atom. The van der Waals surface area contributed by atoms with Crippen molar-refractivity contribution in [2.45, 2.75) is 45.2 Å². The molecule has 1 aromatic heterocycles. The first kappa shape index (κ1) is 22.3. The van der Waals surface area contributed by atoms with E-state index in [4.69, 9.17) is 9.97 Å². The van der Waals surface area contributed by atoms with Crippen LogP contribution >= 0.6 is 22.6 Å². The van der Waals surface area contributed by atoms with Gasteiger partial charge in [-0.1, -0.05) is 24.3 Å². The van der Waals surface area contributed by atoms with Crippen LogP contribution in [0.3, 0.4) is 0 Å². The molecular formula is C25H32IN5. The molecule has 4 rings (SSSR count). The third-order valence-corrected chi connectivity index (χ3v) is 7.35. The predicted molar refractivity (Wildman–Crippen MR) is 139 cm³/mol. The van der Waals surface area contributed by atoms with Crippen molar-refractivity contribution < 1.29 is 0 Å². The summed E-state index contributed by atoms with van der Waals surface area (Å²) in [6, 6.07) is 15.4. The van der Waals surface area contributed by atoms with Crippen molar-refractivity contribution in [2.75, 3.05) is 30.9 Å². The number of para-hydroxylation sites is 1. The molecule has 164 valence electrons. The second-order valence-electron chi connectivity index (χ2n) is 8.86. The molecule has 0 radical (unpaired) electrons. The minimum atomic E-state index is 0.450. The SMILES string of the molecule is Cc1ccc(CNC[C@H]2CC[C@@H](Nc3nc(N(C)C)c4ccccc4n3)CC2)cc1I. The van der Waals surface area contributed by atoms with Gasteiger partial charge in [0.1, 0.15) is 5.82 Å². The third kappa shape index (κ3) is 5.66. The molecule has 31 heavy (non-hydrogen) atoms. The van der Waals surface area contributed by atoms with E-state index < -0.39 is 0 Å². The quantitative estimate of drug-likeness (QED) is 0.404. The average Bonchev–Trinajstić information content (AvgIpc) is 2.77. The number of nitrogens with zero attached hydrogens (tertiary/aromatic N) is 3. The largest absolute Gasteiger partial charge is 0.362 e. The van der Waals surface area contributed by atoms with E-state index in [0.29, 0.717) is 6.04 Å². The number of hydrogen-bond donors (Lipinski definition) is 2. The molecule has 2 N–H and O–H groups in total. The van der Waals surface area contributed by atoms with E-state index in [0.717, 1.165) is 41.7 Å². The van der Waals surface area contributed by atoms with Gasteiger partial charge in [0.05, 0.1) is 5.52 Å². The molecule has 0 atom stereocenters. The number of benzene rings is 2.